The molecule has 1 aliphatic rings. The highest BCUT2D eigenvalue weighted by molar-refractivity contribution is 9.09. The van der Waals surface area contributed by atoms with E-state index in [2.05, 4.69) is 80.3 Å². The number of rotatable bonds is 12. The quantitative estimate of drug-likeness (QED) is 0.108. The molecular formula is C39H59BrN2O5. The third-order valence-corrected chi connectivity index (χ3v) is 9.51. The molecule has 0 amide bonds. The number of unbranched alkanes of at least 4 members (excludes halogenated alkanes) is 7. The minimum atomic E-state index is 0.584. The van der Waals surface area contributed by atoms with E-state index in [0.717, 1.165) is 57.8 Å². The Kier molecular flexibility index (Phi) is 19.9. The lowest BCUT2D eigenvalue weighted by atomic mass is 9.96. The predicted octanol–water partition coefficient (Wildman–Crippen LogP) is 7.71. The zero-order valence-electron chi connectivity index (χ0n) is 28.7. The van der Waals surface area contributed by atoms with Crippen LogP contribution in [0.15, 0.2) is 54.6 Å². The summed E-state index contributed by atoms with van der Waals surface area (Å²) >= 11 is 3.53. The Hall–Kier alpha value is -1.62. The number of alkyl halides is 1. The molecule has 47 heavy (non-hydrogen) atoms. The van der Waals surface area contributed by atoms with E-state index in [-0.39, 0.29) is 0 Å². The molecule has 0 bridgehead atoms. The van der Waals surface area contributed by atoms with Crippen molar-refractivity contribution < 1.29 is 23.7 Å². The van der Waals surface area contributed by atoms with Crippen molar-refractivity contribution in [1.29, 1.82) is 0 Å². The van der Waals surface area contributed by atoms with Crippen molar-refractivity contribution in [3.05, 3.63) is 60.2 Å². The Balaban J connectivity index is 1.24. The van der Waals surface area contributed by atoms with Crippen molar-refractivity contribution >= 4 is 37.5 Å². The summed E-state index contributed by atoms with van der Waals surface area (Å²) in [6, 6.07) is 19.7. The maximum atomic E-state index is 6.07. The van der Waals surface area contributed by atoms with Crippen molar-refractivity contribution in [2.24, 2.45) is 0 Å². The van der Waals surface area contributed by atoms with Gasteiger partial charge in [-0.1, -0.05) is 103 Å². The number of hydrogen-bond donors (Lipinski definition) is 0. The Morgan fingerprint density at radius 3 is 1.36 bits per heavy atom. The SMILES string of the molecule is BrCCCCCCCCCCN1CCOCCOCCOCCN(Cc2c3ccccc3cc3ccccc23)CCOCCOCC1. The van der Waals surface area contributed by atoms with Crippen LogP contribution in [0.3, 0.4) is 0 Å². The van der Waals surface area contributed by atoms with Crippen LogP contribution in [0, 0.1) is 0 Å². The fourth-order valence-corrected chi connectivity index (χ4v) is 6.63. The van der Waals surface area contributed by atoms with Crippen LogP contribution in [0.25, 0.3) is 21.5 Å². The zero-order valence-corrected chi connectivity index (χ0v) is 30.3. The van der Waals surface area contributed by atoms with Gasteiger partial charge in [0.1, 0.15) is 0 Å². The highest BCUT2D eigenvalue weighted by atomic mass is 79.9. The standard InChI is InChI=1S/C39H59BrN2O5/c40-17-11-5-3-1-2-4-6-12-18-41-19-23-43-27-28-45-25-21-42(22-26-46-30-32-47-31-29-44-24-20-41)34-39-37-15-9-7-13-35(37)33-36-14-8-10-16-38(36)39/h7-10,13-16,33H,1-6,11-12,17-32,34H2. The van der Waals surface area contributed by atoms with Gasteiger partial charge in [-0.3, -0.25) is 9.80 Å². The Morgan fingerprint density at radius 1 is 0.468 bits per heavy atom. The summed E-state index contributed by atoms with van der Waals surface area (Å²) in [5, 5.41) is 6.31. The number of hydrogen-bond acceptors (Lipinski definition) is 7. The highest BCUT2D eigenvalue weighted by Gasteiger charge is 2.13. The van der Waals surface area contributed by atoms with Gasteiger partial charge in [-0.2, -0.15) is 0 Å². The zero-order chi connectivity index (χ0) is 32.6. The van der Waals surface area contributed by atoms with Crippen LogP contribution >= 0.6 is 15.9 Å². The molecule has 3 aromatic carbocycles. The van der Waals surface area contributed by atoms with Crippen molar-refractivity contribution in [1.82, 2.24) is 9.80 Å². The van der Waals surface area contributed by atoms with Crippen LogP contribution in [-0.4, -0.2) is 114 Å². The minimum Gasteiger partial charge on any atom is -0.378 e. The van der Waals surface area contributed by atoms with Gasteiger partial charge in [0, 0.05) is 38.1 Å². The average Bonchev–Trinajstić information content (AvgIpc) is 3.09. The molecule has 0 N–H and O–H groups in total. The molecular weight excluding hydrogens is 656 g/mol. The van der Waals surface area contributed by atoms with E-state index >= 15 is 0 Å². The molecule has 0 unspecified atom stereocenters. The lowest BCUT2D eigenvalue weighted by Gasteiger charge is -2.24. The molecule has 1 fully saturated rings. The van der Waals surface area contributed by atoms with Crippen molar-refractivity contribution in [2.45, 2.75) is 57.9 Å². The van der Waals surface area contributed by atoms with E-state index in [1.165, 1.54) is 78.5 Å². The maximum Gasteiger partial charge on any atom is 0.0701 e. The van der Waals surface area contributed by atoms with Crippen molar-refractivity contribution in [3.8, 4) is 0 Å². The Labute approximate surface area is 292 Å². The van der Waals surface area contributed by atoms with Gasteiger partial charge in [0.25, 0.3) is 0 Å². The van der Waals surface area contributed by atoms with Gasteiger partial charge in [0.05, 0.1) is 66.1 Å². The van der Waals surface area contributed by atoms with E-state index in [0.29, 0.717) is 52.9 Å². The van der Waals surface area contributed by atoms with E-state index in [4.69, 9.17) is 23.7 Å². The average molecular weight is 716 g/mol. The third-order valence-electron chi connectivity index (χ3n) is 8.95. The smallest absolute Gasteiger partial charge is 0.0701 e. The molecule has 0 spiro atoms. The molecule has 3 aromatic rings. The van der Waals surface area contributed by atoms with Crippen LogP contribution in [0.5, 0.6) is 0 Å². The Morgan fingerprint density at radius 2 is 0.872 bits per heavy atom. The molecule has 7 nitrogen and oxygen atoms in total. The fraction of sp³-hybridized carbons (Fsp3) is 0.641. The largest absolute Gasteiger partial charge is 0.378 e. The van der Waals surface area contributed by atoms with Gasteiger partial charge in [-0.15, -0.1) is 0 Å². The summed E-state index contributed by atoms with van der Waals surface area (Å²) in [4.78, 5) is 4.94. The van der Waals surface area contributed by atoms with Crippen LogP contribution in [0.4, 0.5) is 0 Å². The monoisotopic (exact) mass is 714 g/mol. The molecule has 0 aromatic heterocycles. The molecule has 4 rings (SSSR count). The van der Waals surface area contributed by atoms with Crippen LogP contribution in [0.1, 0.15) is 56.9 Å². The number of halogens is 1. The summed E-state index contributed by atoms with van der Waals surface area (Å²) < 4.78 is 29.8. The van der Waals surface area contributed by atoms with Gasteiger partial charge in [-0.05, 0) is 52.6 Å². The number of benzene rings is 3. The van der Waals surface area contributed by atoms with Gasteiger partial charge in [0.15, 0.2) is 0 Å². The first-order valence-electron chi connectivity index (χ1n) is 18.1. The second-order valence-corrected chi connectivity index (χ2v) is 13.3. The molecule has 1 aliphatic heterocycles. The third kappa shape index (κ3) is 15.2. The highest BCUT2D eigenvalue weighted by Crippen LogP contribution is 2.29. The predicted molar refractivity (Wildman–Crippen MR) is 198 cm³/mol. The van der Waals surface area contributed by atoms with Crippen molar-refractivity contribution in [3.63, 3.8) is 0 Å². The Bertz CT molecular complexity index is 1180. The lowest BCUT2D eigenvalue weighted by molar-refractivity contribution is 0.00562. The summed E-state index contributed by atoms with van der Waals surface area (Å²) in [6.07, 6.45) is 10.6. The van der Waals surface area contributed by atoms with E-state index in [1.807, 2.05) is 0 Å². The summed E-state index contributed by atoms with van der Waals surface area (Å²) in [5.74, 6) is 0. The molecule has 1 saturated heterocycles. The number of nitrogens with zero attached hydrogens (tertiary/aromatic N) is 2. The fourth-order valence-electron chi connectivity index (χ4n) is 6.24. The molecule has 0 aliphatic carbocycles. The molecule has 0 radical (unpaired) electrons. The van der Waals surface area contributed by atoms with Gasteiger partial charge in [0.2, 0.25) is 0 Å². The maximum absolute atomic E-state index is 6.07. The van der Waals surface area contributed by atoms with E-state index < -0.39 is 0 Å². The topological polar surface area (TPSA) is 52.6 Å². The first-order chi connectivity index (χ1) is 23.3. The second-order valence-electron chi connectivity index (χ2n) is 12.5. The molecule has 262 valence electrons. The number of fused-ring (bicyclic) bond motifs is 2. The molecule has 0 atom stereocenters. The molecule has 8 heteroatoms. The van der Waals surface area contributed by atoms with Gasteiger partial charge < -0.3 is 23.7 Å². The minimum absolute atomic E-state index is 0.584. The van der Waals surface area contributed by atoms with Crippen LogP contribution in [-0.2, 0) is 30.2 Å². The second kappa shape index (κ2) is 24.5. The summed E-state index contributed by atoms with van der Waals surface area (Å²) in [5.41, 5.74) is 1.36. The van der Waals surface area contributed by atoms with E-state index in [1.54, 1.807) is 0 Å². The molecule has 1 heterocycles. The summed E-state index contributed by atoms with van der Waals surface area (Å²) in [7, 11) is 0. The lowest BCUT2D eigenvalue weighted by Crippen LogP contribution is -2.32. The first-order valence-corrected chi connectivity index (χ1v) is 19.3. The van der Waals surface area contributed by atoms with Crippen LogP contribution < -0.4 is 0 Å². The van der Waals surface area contributed by atoms with Crippen LogP contribution in [0.2, 0.25) is 0 Å². The molecule has 0 saturated carbocycles. The summed E-state index contributed by atoms with van der Waals surface area (Å²) in [6.45, 7) is 11.8. The van der Waals surface area contributed by atoms with E-state index in [9.17, 15) is 0 Å². The normalized spacial score (nSPS) is 18.3. The van der Waals surface area contributed by atoms with Gasteiger partial charge >= 0.3 is 0 Å². The van der Waals surface area contributed by atoms with Gasteiger partial charge in [-0.25, -0.2) is 0 Å². The van der Waals surface area contributed by atoms with Crippen molar-refractivity contribution in [2.75, 3.05) is 104 Å². The number of ether oxygens (including phenoxy) is 5. The first kappa shape index (κ1) is 38.2.